The zero-order valence-corrected chi connectivity index (χ0v) is 21.0. The molecule has 0 radical (unpaired) electrons. The molecule has 4 aromatic rings. The maximum atomic E-state index is 13.0. The molecule has 10 heteroatoms. The van der Waals surface area contributed by atoms with Crippen molar-refractivity contribution in [3.8, 4) is 11.5 Å². The highest BCUT2D eigenvalue weighted by atomic mass is 35.5. The molecule has 0 saturated carbocycles. The van der Waals surface area contributed by atoms with Gasteiger partial charge >= 0.3 is 5.69 Å². The average Bonchev–Trinajstić information content (AvgIpc) is 3.45. The number of methoxy groups -OCH3 is 1. The van der Waals surface area contributed by atoms with Crippen LogP contribution >= 0.6 is 23.7 Å². The fourth-order valence-electron chi connectivity index (χ4n) is 5.33. The standard InChI is InChI=1S/C25H26N4O4S.ClH/c1-32-16-6-7-19-17(11-16)18-13-28(12-15(18)14-33-19)9-2-3-10-29-24(30)23-22(27-25(29)31)21-20(34-23)5-4-8-26-21;/h4-8,11,15,18H,2-3,9-10,12-14H2,1H3,(H,27,31);1H/t15-,18-;/m1./s1. The van der Waals surface area contributed by atoms with Crippen LogP contribution in [-0.2, 0) is 6.54 Å². The van der Waals surface area contributed by atoms with E-state index in [1.165, 1.54) is 21.5 Å². The van der Waals surface area contributed by atoms with Crippen LogP contribution in [0.2, 0.25) is 0 Å². The van der Waals surface area contributed by atoms with Crippen LogP contribution < -0.4 is 20.7 Å². The number of fused-ring (bicyclic) bond motifs is 6. The number of aromatic amines is 1. The summed E-state index contributed by atoms with van der Waals surface area (Å²) in [4.78, 5) is 35.3. The number of likely N-dealkylation sites (tertiary alicyclic amines) is 1. The topological polar surface area (TPSA) is 89.5 Å². The van der Waals surface area contributed by atoms with Gasteiger partial charge in [0.05, 0.1) is 23.9 Å². The number of pyridine rings is 1. The van der Waals surface area contributed by atoms with E-state index in [1.807, 2.05) is 24.3 Å². The fourth-order valence-corrected chi connectivity index (χ4v) is 6.39. The third kappa shape index (κ3) is 4.22. The second-order valence-corrected chi connectivity index (χ2v) is 10.1. The number of halogens is 1. The monoisotopic (exact) mass is 514 g/mol. The normalized spacial score (nSPS) is 19.2. The molecular weight excluding hydrogens is 488 g/mol. The average molecular weight is 515 g/mol. The summed E-state index contributed by atoms with van der Waals surface area (Å²) in [5.41, 5.74) is 1.88. The van der Waals surface area contributed by atoms with Crippen molar-refractivity contribution < 1.29 is 9.47 Å². The molecule has 6 rings (SSSR count). The Kier molecular flexibility index (Phi) is 6.57. The van der Waals surface area contributed by atoms with Crippen LogP contribution in [0.25, 0.3) is 20.4 Å². The number of hydrogen-bond acceptors (Lipinski definition) is 7. The third-order valence-electron chi connectivity index (χ3n) is 7.06. The summed E-state index contributed by atoms with van der Waals surface area (Å²) in [6.07, 6.45) is 3.36. The van der Waals surface area contributed by atoms with Gasteiger partial charge in [-0.15, -0.1) is 23.7 Å². The van der Waals surface area contributed by atoms with Crippen molar-refractivity contribution in [2.45, 2.75) is 25.3 Å². The maximum absolute atomic E-state index is 13.0. The Bertz CT molecular complexity index is 1500. The Hall–Kier alpha value is -2.88. The van der Waals surface area contributed by atoms with Gasteiger partial charge in [0.15, 0.2) is 0 Å². The molecular formula is C25H27ClN4O4S. The van der Waals surface area contributed by atoms with Crippen molar-refractivity contribution in [3.05, 3.63) is 62.9 Å². The van der Waals surface area contributed by atoms with Gasteiger partial charge in [-0.3, -0.25) is 14.3 Å². The predicted molar refractivity (Wildman–Crippen MR) is 140 cm³/mol. The first-order chi connectivity index (χ1) is 16.6. The van der Waals surface area contributed by atoms with Gasteiger partial charge in [0, 0.05) is 43.2 Å². The maximum Gasteiger partial charge on any atom is 0.328 e. The molecule has 1 saturated heterocycles. The first kappa shape index (κ1) is 23.8. The minimum absolute atomic E-state index is 0. The number of rotatable bonds is 6. The van der Waals surface area contributed by atoms with Crippen LogP contribution in [0.1, 0.15) is 24.3 Å². The molecule has 2 atom stereocenters. The Labute approximate surface area is 211 Å². The molecule has 5 heterocycles. The molecule has 184 valence electrons. The lowest BCUT2D eigenvalue weighted by atomic mass is 9.87. The largest absolute Gasteiger partial charge is 0.497 e. The molecule has 8 nitrogen and oxygen atoms in total. The van der Waals surface area contributed by atoms with Crippen molar-refractivity contribution in [1.29, 1.82) is 0 Å². The number of unbranched alkanes of at least 4 members (excludes halogenated alkanes) is 1. The van der Waals surface area contributed by atoms with Crippen molar-refractivity contribution in [1.82, 2.24) is 19.4 Å². The lowest BCUT2D eigenvalue weighted by Gasteiger charge is -2.28. The molecule has 0 amide bonds. The predicted octanol–water partition coefficient (Wildman–Crippen LogP) is 3.62. The Morgan fingerprint density at radius 3 is 2.91 bits per heavy atom. The van der Waals surface area contributed by atoms with Gasteiger partial charge in [-0.1, -0.05) is 0 Å². The summed E-state index contributed by atoms with van der Waals surface area (Å²) < 4.78 is 14.2. The second-order valence-electron chi connectivity index (χ2n) is 9.09. The van der Waals surface area contributed by atoms with Gasteiger partial charge in [0.1, 0.15) is 21.7 Å². The Morgan fingerprint density at radius 2 is 2.06 bits per heavy atom. The van der Waals surface area contributed by atoms with Crippen molar-refractivity contribution in [3.63, 3.8) is 0 Å². The van der Waals surface area contributed by atoms with E-state index < -0.39 is 0 Å². The number of benzene rings is 1. The van der Waals surface area contributed by atoms with Gasteiger partial charge in [-0.05, 0) is 49.7 Å². The Morgan fingerprint density at radius 1 is 1.20 bits per heavy atom. The number of ether oxygens (including phenoxy) is 2. The Balaban J connectivity index is 0.00000253. The highest BCUT2D eigenvalue weighted by Crippen LogP contribution is 2.43. The molecule has 3 aromatic heterocycles. The number of aromatic nitrogens is 3. The van der Waals surface area contributed by atoms with Crippen molar-refractivity contribution >= 4 is 44.2 Å². The minimum Gasteiger partial charge on any atom is -0.497 e. The van der Waals surface area contributed by atoms with E-state index >= 15 is 0 Å². The van der Waals surface area contributed by atoms with Crippen LogP contribution in [0.15, 0.2) is 46.1 Å². The van der Waals surface area contributed by atoms with E-state index in [9.17, 15) is 9.59 Å². The molecule has 1 aromatic carbocycles. The van der Waals surface area contributed by atoms with Crippen LogP contribution in [0.4, 0.5) is 0 Å². The van der Waals surface area contributed by atoms with Crippen LogP contribution in [0.3, 0.4) is 0 Å². The van der Waals surface area contributed by atoms with Gasteiger partial charge in [-0.25, -0.2) is 4.79 Å². The number of thiophene rings is 1. The van der Waals surface area contributed by atoms with Gasteiger partial charge < -0.3 is 19.4 Å². The smallest absolute Gasteiger partial charge is 0.328 e. The van der Waals surface area contributed by atoms with E-state index in [4.69, 9.17) is 9.47 Å². The summed E-state index contributed by atoms with van der Waals surface area (Å²) in [6.45, 7) is 4.09. The van der Waals surface area contributed by atoms with E-state index in [0.717, 1.165) is 55.3 Å². The zero-order chi connectivity index (χ0) is 23.2. The van der Waals surface area contributed by atoms with E-state index in [-0.39, 0.29) is 23.7 Å². The lowest BCUT2D eigenvalue weighted by Crippen LogP contribution is -2.34. The highest BCUT2D eigenvalue weighted by Gasteiger charge is 2.38. The zero-order valence-electron chi connectivity index (χ0n) is 19.4. The van der Waals surface area contributed by atoms with Crippen LogP contribution in [-0.4, -0.2) is 52.8 Å². The first-order valence-electron chi connectivity index (χ1n) is 11.7. The summed E-state index contributed by atoms with van der Waals surface area (Å²) in [6, 6.07) is 9.81. The minimum atomic E-state index is -0.363. The van der Waals surface area contributed by atoms with Crippen molar-refractivity contribution in [2.24, 2.45) is 5.92 Å². The second kappa shape index (κ2) is 9.64. The molecule has 1 N–H and O–H groups in total. The fraction of sp³-hybridized carbons (Fsp3) is 0.400. The van der Waals surface area contributed by atoms with Gasteiger partial charge in [0.2, 0.25) is 0 Å². The summed E-state index contributed by atoms with van der Waals surface area (Å²) >= 11 is 1.38. The summed E-state index contributed by atoms with van der Waals surface area (Å²) in [5.74, 6) is 2.76. The number of H-pyrrole nitrogens is 1. The summed E-state index contributed by atoms with van der Waals surface area (Å²) in [5, 5.41) is 0. The van der Waals surface area contributed by atoms with Crippen LogP contribution in [0.5, 0.6) is 11.5 Å². The molecule has 0 spiro atoms. The first-order valence-corrected chi connectivity index (χ1v) is 12.5. The van der Waals surface area contributed by atoms with Gasteiger partial charge in [-0.2, -0.15) is 0 Å². The molecule has 2 aliphatic heterocycles. The molecule has 0 bridgehead atoms. The van der Waals surface area contributed by atoms with Crippen LogP contribution in [0, 0.1) is 5.92 Å². The lowest BCUT2D eigenvalue weighted by molar-refractivity contribution is 0.212. The van der Waals surface area contributed by atoms with E-state index in [0.29, 0.717) is 34.1 Å². The number of nitrogens with zero attached hydrogens (tertiary/aromatic N) is 3. The molecule has 0 aliphatic carbocycles. The van der Waals surface area contributed by atoms with E-state index in [2.05, 4.69) is 20.9 Å². The van der Waals surface area contributed by atoms with E-state index in [1.54, 1.807) is 13.3 Å². The molecule has 2 aliphatic rings. The van der Waals surface area contributed by atoms with Gasteiger partial charge in [0.25, 0.3) is 5.56 Å². The molecule has 35 heavy (non-hydrogen) atoms. The number of nitrogens with one attached hydrogen (secondary N) is 1. The summed E-state index contributed by atoms with van der Waals surface area (Å²) in [7, 11) is 1.69. The van der Waals surface area contributed by atoms with Crippen molar-refractivity contribution in [2.75, 3.05) is 33.4 Å². The highest BCUT2D eigenvalue weighted by molar-refractivity contribution is 7.25. The molecule has 0 unspecified atom stereocenters. The third-order valence-corrected chi connectivity index (χ3v) is 8.19. The molecule has 1 fully saturated rings. The number of hydrogen-bond donors (Lipinski definition) is 1. The quantitative estimate of drug-likeness (QED) is 0.395. The SMILES string of the molecule is COc1ccc2c(c1)[C@@H]1CN(CCCCn3c(=O)[nH]c4c(sc5cccnc54)c3=O)C[C@@H]1CO2.Cl.